The van der Waals surface area contributed by atoms with E-state index in [4.69, 9.17) is 0 Å². The molecule has 1 unspecified atom stereocenters. The van der Waals surface area contributed by atoms with E-state index in [2.05, 4.69) is 62.2 Å². The average molecular weight is 274 g/mol. The predicted octanol–water partition coefficient (Wildman–Crippen LogP) is 3.81. The van der Waals surface area contributed by atoms with Gasteiger partial charge in [-0.1, -0.05) is 52.0 Å². The summed E-state index contributed by atoms with van der Waals surface area (Å²) in [5.41, 5.74) is 2.83. The molecule has 1 atom stereocenters. The Bertz CT molecular complexity index is 394. The van der Waals surface area contributed by atoms with Crippen molar-refractivity contribution in [1.29, 1.82) is 0 Å². The Morgan fingerprint density at radius 2 is 1.75 bits per heavy atom. The molecule has 0 radical (unpaired) electrons. The van der Waals surface area contributed by atoms with E-state index in [9.17, 15) is 0 Å². The summed E-state index contributed by atoms with van der Waals surface area (Å²) in [6, 6.07) is 10.5. The third-order valence-corrected chi connectivity index (χ3v) is 4.31. The largest absolute Gasteiger partial charge is 0.310 e. The number of benzene rings is 1. The van der Waals surface area contributed by atoms with Crippen molar-refractivity contribution >= 4 is 0 Å². The monoisotopic (exact) mass is 274 g/mol. The van der Waals surface area contributed by atoms with Gasteiger partial charge in [0, 0.05) is 25.2 Å². The molecule has 0 saturated carbocycles. The highest BCUT2D eigenvalue weighted by Gasteiger charge is 2.26. The van der Waals surface area contributed by atoms with E-state index in [0.717, 1.165) is 25.0 Å². The second-order valence-corrected chi connectivity index (χ2v) is 6.78. The quantitative estimate of drug-likeness (QED) is 0.848. The molecule has 0 spiro atoms. The molecule has 0 amide bonds. The Kier molecular flexibility index (Phi) is 5.62. The van der Waals surface area contributed by atoms with E-state index < -0.39 is 0 Å². The van der Waals surface area contributed by atoms with Crippen LogP contribution in [-0.2, 0) is 13.1 Å². The van der Waals surface area contributed by atoms with Crippen LogP contribution in [0.25, 0.3) is 0 Å². The standard InChI is InChI=1S/C18H30N2/c1-14(2)18-6-5-11-20(18)13-17-9-7-16(8-10-17)12-19-15(3)4/h7-10,14-15,18-19H,5-6,11-13H2,1-4H3. The smallest absolute Gasteiger partial charge is 0.0236 e. The van der Waals surface area contributed by atoms with E-state index in [1.165, 1.54) is 30.5 Å². The zero-order valence-electron chi connectivity index (χ0n) is 13.5. The van der Waals surface area contributed by atoms with Gasteiger partial charge in [-0.25, -0.2) is 0 Å². The predicted molar refractivity (Wildman–Crippen MR) is 86.7 cm³/mol. The maximum Gasteiger partial charge on any atom is 0.0236 e. The summed E-state index contributed by atoms with van der Waals surface area (Å²) in [5.74, 6) is 0.770. The molecule has 112 valence electrons. The fraction of sp³-hybridized carbons (Fsp3) is 0.667. The van der Waals surface area contributed by atoms with Gasteiger partial charge in [-0.05, 0) is 36.4 Å². The number of hydrogen-bond acceptors (Lipinski definition) is 2. The minimum atomic E-state index is 0.547. The highest BCUT2D eigenvalue weighted by molar-refractivity contribution is 5.22. The molecule has 2 rings (SSSR count). The maximum atomic E-state index is 3.47. The fourth-order valence-electron chi connectivity index (χ4n) is 3.12. The molecule has 1 fully saturated rings. The van der Waals surface area contributed by atoms with Crippen molar-refractivity contribution in [3.63, 3.8) is 0 Å². The van der Waals surface area contributed by atoms with Crippen LogP contribution in [0, 0.1) is 5.92 Å². The molecule has 2 heteroatoms. The molecule has 1 aromatic rings. The summed E-state index contributed by atoms with van der Waals surface area (Å²) in [5, 5.41) is 3.47. The molecule has 2 nitrogen and oxygen atoms in total. The third kappa shape index (κ3) is 4.32. The summed E-state index contributed by atoms with van der Waals surface area (Å²) in [4.78, 5) is 2.66. The minimum absolute atomic E-state index is 0.547. The second-order valence-electron chi connectivity index (χ2n) is 6.78. The fourth-order valence-corrected chi connectivity index (χ4v) is 3.12. The molecular formula is C18H30N2. The van der Waals surface area contributed by atoms with Gasteiger partial charge in [-0.15, -0.1) is 0 Å². The Balaban J connectivity index is 1.90. The van der Waals surface area contributed by atoms with Crippen LogP contribution in [0.1, 0.15) is 51.7 Å². The molecule has 0 bridgehead atoms. The van der Waals surface area contributed by atoms with Crippen molar-refractivity contribution in [2.75, 3.05) is 6.54 Å². The number of hydrogen-bond donors (Lipinski definition) is 1. The first-order chi connectivity index (χ1) is 9.56. The van der Waals surface area contributed by atoms with E-state index in [1.807, 2.05) is 0 Å². The molecule has 1 heterocycles. The Morgan fingerprint density at radius 3 is 2.35 bits per heavy atom. The van der Waals surface area contributed by atoms with Gasteiger partial charge in [0.05, 0.1) is 0 Å². The number of rotatable bonds is 6. The van der Waals surface area contributed by atoms with Crippen LogP contribution in [0.5, 0.6) is 0 Å². The third-order valence-electron chi connectivity index (χ3n) is 4.31. The van der Waals surface area contributed by atoms with Gasteiger partial charge in [-0.3, -0.25) is 4.90 Å². The Labute approximate surface area is 124 Å². The Morgan fingerprint density at radius 1 is 1.10 bits per heavy atom. The summed E-state index contributed by atoms with van der Waals surface area (Å²) < 4.78 is 0. The first kappa shape index (κ1) is 15.5. The van der Waals surface area contributed by atoms with Gasteiger partial charge in [-0.2, -0.15) is 0 Å². The highest BCUT2D eigenvalue weighted by atomic mass is 15.2. The molecule has 1 aliphatic heterocycles. The molecule has 20 heavy (non-hydrogen) atoms. The summed E-state index contributed by atoms with van der Waals surface area (Å²) in [7, 11) is 0. The van der Waals surface area contributed by atoms with Gasteiger partial charge < -0.3 is 5.32 Å². The lowest BCUT2D eigenvalue weighted by Gasteiger charge is -2.27. The van der Waals surface area contributed by atoms with Crippen molar-refractivity contribution in [3.05, 3.63) is 35.4 Å². The molecule has 0 aromatic heterocycles. The van der Waals surface area contributed by atoms with Gasteiger partial charge in [0.1, 0.15) is 0 Å². The maximum absolute atomic E-state index is 3.47. The van der Waals surface area contributed by atoms with Crippen LogP contribution in [0.4, 0.5) is 0 Å². The molecular weight excluding hydrogens is 244 g/mol. The van der Waals surface area contributed by atoms with Gasteiger partial charge >= 0.3 is 0 Å². The normalized spacial score (nSPS) is 20.2. The lowest BCUT2D eigenvalue weighted by molar-refractivity contribution is 0.199. The molecule has 1 N–H and O–H groups in total. The van der Waals surface area contributed by atoms with Crippen molar-refractivity contribution in [1.82, 2.24) is 10.2 Å². The SMILES string of the molecule is CC(C)NCc1ccc(CN2CCCC2C(C)C)cc1. The minimum Gasteiger partial charge on any atom is -0.310 e. The number of nitrogens with one attached hydrogen (secondary N) is 1. The first-order valence-corrected chi connectivity index (χ1v) is 8.11. The zero-order chi connectivity index (χ0) is 14.5. The summed E-state index contributed by atoms with van der Waals surface area (Å²) >= 11 is 0. The van der Waals surface area contributed by atoms with Crippen LogP contribution < -0.4 is 5.32 Å². The first-order valence-electron chi connectivity index (χ1n) is 8.11. The number of likely N-dealkylation sites (tertiary alicyclic amines) is 1. The highest BCUT2D eigenvalue weighted by Crippen LogP contribution is 2.25. The number of nitrogens with zero attached hydrogens (tertiary/aromatic N) is 1. The summed E-state index contributed by atoms with van der Waals surface area (Å²) in [6.07, 6.45) is 2.73. The van der Waals surface area contributed by atoms with Crippen molar-refractivity contribution < 1.29 is 0 Å². The van der Waals surface area contributed by atoms with Crippen molar-refractivity contribution in [2.24, 2.45) is 5.92 Å². The molecule has 0 aliphatic carbocycles. The van der Waals surface area contributed by atoms with Crippen LogP contribution in [0.15, 0.2) is 24.3 Å². The van der Waals surface area contributed by atoms with E-state index >= 15 is 0 Å². The van der Waals surface area contributed by atoms with E-state index in [0.29, 0.717) is 6.04 Å². The Hall–Kier alpha value is -0.860. The van der Waals surface area contributed by atoms with Gasteiger partial charge in [0.25, 0.3) is 0 Å². The van der Waals surface area contributed by atoms with E-state index in [-0.39, 0.29) is 0 Å². The zero-order valence-corrected chi connectivity index (χ0v) is 13.5. The van der Waals surface area contributed by atoms with Crippen LogP contribution in [0.2, 0.25) is 0 Å². The topological polar surface area (TPSA) is 15.3 Å². The second kappa shape index (κ2) is 7.24. The van der Waals surface area contributed by atoms with Crippen molar-refractivity contribution in [3.8, 4) is 0 Å². The lowest BCUT2D eigenvalue weighted by Crippen LogP contribution is -2.32. The molecule has 1 saturated heterocycles. The lowest BCUT2D eigenvalue weighted by atomic mass is 10.0. The molecule has 1 aromatic carbocycles. The van der Waals surface area contributed by atoms with Crippen LogP contribution >= 0.6 is 0 Å². The van der Waals surface area contributed by atoms with Crippen molar-refractivity contribution in [2.45, 2.75) is 65.7 Å². The van der Waals surface area contributed by atoms with E-state index in [1.54, 1.807) is 0 Å². The van der Waals surface area contributed by atoms with Crippen LogP contribution in [0.3, 0.4) is 0 Å². The average Bonchev–Trinajstić information content (AvgIpc) is 2.86. The van der Waals surface area contributed by atoms with Crippen LogP contribution in [-0.4, -0.2) is 23.5 Å². The molecule has 1 aliphatic rings. The van der Waals surface area contributed by atoms with Gasteiger partial charge in [0.15, 0.2) is 0 Å². The van der Waals surface area contributed by atoms with Gasteiger partial charge in [0.2, 0.25) is 0 Å². The summed E-state index contributed by atoms with van der Waals surface area (Å²) in [6.45, 7) is 12.4.